The van der Waals surface area contributed by atoms with Gasteiger partial charge in [0.25, 0.3) is 0 Å². The van der Waals surface area contributed by atoms with Crippen LogP contribution in [0.5, 0.6) is 0 Å². The Morgan fingerprint density at radius 1 is 1.24 bits per heavy atom. The van der Waals surface area contributed by atoms with Gasteiger partial charge in [-0.05, 0) is 25.7 Å². The number of hydrogen-bond acceptors (Lipinski definition) is 4. The van der Waals surface area contributed by atoms with Gasteiger partial charge in [0.05, 0.1) is 32.0 Å². The summed E-state index contributed by atoms with van der Waals surface area (Å²) in [6.07, 6.45) is 4.69. The summed E-state index contributed by atoms with van der Waals surface area (Å²) in [5.74, 6) is 0.635. The van der Waals surface area contributed by atoms with Crippen molar-refractivity contribution >= 4 is 5.91 Å². The Morgan fingerprint density at radius 3 is 2.86 bits per heavy atom. The molecule has 5 heteroatoms. The molecule has 4 aliphatic rings. The van der Waals surface area contributed by atoms with E-state index >= 15 is 0 Å². The molecule has 4 rings (SSSR count). The minimum Gasteiger partial charge on any atom is -0.393 e. The molecule has 0 radical (unpaired) electrons. The molecule has 2 saturated heterocycles. The average molecular weight is 295 g/mol. The van der Waals surface area contributed by atoms with Crippen LogP contribution in [-0.4, -0.2) is 61.0 Å². The van der Waals surface area contributed by atoms with Crippen LogP contribution < -0.4 is 0 Å². The van der Waals surface area contributed by atoms with Crippen LogP contribution in [-0.2, 0) is 14.3 Å². The molecule has 1 amide bonds. The number of morpholine rings is 1. The number of nitrogens with zero attached hydrogens (tertiary/aromatic N) is 1. The first-order chi connectivity index (χ1) is 10.2. The molecular weight excluding hydrogens is 270 g/mol. The summed E-state index contributed by atoms with van der Waals surface area (Å²) in [4.78, 5) is 15.0. The zero-order chi connectivity index (χ0) is 14.4. The van der Waals surface area contributed by atoms with Crippen LogP contribution in [0.15, 0.2) is 0 Å². The zero-order valence-electron chi connectivity index (χ0n) is 12.5. The minimum absolute atomic E-state index is 0.0729. The Bertz CT molecular complexity index is 421. The molecule has 21 heavy (non-hydrogen) atoms. The third-order valence-electron chi connectivity index (χ3n) is 6.10. The quantitative estimate of drug-likeness (QED) is 0.819. The van der Waals surface area contributed by atoms with Crippen molar-refractivity contribution in [2.24, 2.45) is 17.3 Å². The lowest BCUT2D eigenvalue weighted by Crippen LogP contribution is -2.54. The number of amides is 1. The van der Waals surface area contributed by atoms with Crippen LogP contribution in [0.1, 0.15) is 32.1 Å². The fourth-order valence-electron chi connectivity index (χ4n) is 4.62. The molecular formula is C16H25NO4. The summed E-state index contributed by atoms with van der Waals surface area (Å²) in [5, 5.41) is 10.2. The van der Waals surface area contributed by atoms with Gasteiger partial charge < -0.3 is 19.5 Å². The lowest BCUT2D eigenvalue weighted by atomic mass is 9.93. The first kappa shape index (κ1) is 14.0. The molecule has 2 heterocycles. The number of aliphatic hydroxyl groups is 1. The molecule has 118 valence electrons. The van der Waals surface area contributed by atoms with E-state index in [2.05, 4.69) is 0 Å². The van der Waals surface area contributed by atoms with Gasteiger partial charge >= 0.3 is 0 Å². The second-order valence-corrected chi connectivity index (χ2v) is 7.26. The fourth-order valence-corrected chi connectivity index (χ4v) is 4.62. The fraction of sp³-hybridized carbons (Fsp3) is 0.938. The van der Waals surface area contributed by atoms with E-state index < -0.39 is 0 Å². The van der Waals surface area contributed by atoms with Gasteiger partial charge in [-0.2, -0.15) is 0 Å². The smallest absolute Gasteiger partial charge is 0.226 e. The second-order valence-electron chi connectivity index (χ2n) is 7.26. The standard InChI is InChI=1S/C16H25NO4/c18-14-3-1-2-11(14)13-9-20-7-5-17(13)15(19)12-8-16(12)4-6-21-10-16/h11-14,18H,1-10H2. The molecule has 0 aromatic heterocycles. The van der Waals surface area contributed by atoms with Gasteiger partial charge in [0, 0.05) is 30.4 Å². The molecule has 0 aromatic carbocycles. The highest BCUT2D eigenvalue weighted by atomic mass is 16.5. The molecule has 5 atom stereocenters. The van der Waals surface area contributed by atoms with Gasteiger partial charge in [0.1, 0.15) is 0 Å². The summed E-state index contributed by atoms with van der Waals surface area (Å²) in [6, 6.07) is 0.0729. The maximum atomic E-state index is 12.9. The highest BCUT2D eigenvalue weighted by molar-refractivity contribution is 5.83. The van der Waals surface area contributed by atoms with Gasteiger partial charge in [0.2, 0.25) is 5.91 Å². The van der Waals surface area contributed by atoms with Crippen molar-refractivity contribution in [3.05, 3.63) is 0 Å². The van der Waals surface area contributed by atoms with Crippen molar-refractivity contribution < 1.29 is 19.4 Å². The Labute approximate surface area is 125 Å². The molecule has 0 aromatic rings. The number of carbonyl (C=O) groups excluding carboxylic acids is 1. The van der Waals surface area contributed by atoms with E-state index in [0.29, 0.717) is 19.8 Å². The lowest BCUT2D eigenvalue weighted by Gasteiger charge is -2.40. The third-order valence-corrected chi connectivity index (χ3v) is 6.10. The monoisotopic (exact) mass is 295 g/mol. The molecule has 5 unspecified atom stereocenters. The highest BCUT2D eigenvalue weighted by Crippen LogP contribution is 2.58. The van der Waals surface area contributed by atoms with Gasteiger partial charge in [0.15, 0.2) is 0 Å². The first-order valence-electron chi connectivity index (χ1n) is 8.35. The average Bonchev–Trinajstić information content (AvgIpc) is 2.83. The maximum Gasteiger partial charge on any atom is 0.226 e. The predicted octanol–water partition coefficient (Wildman–Crippen LogP) is 0.801. The second kappa shape index (κ2) is 5.21. The predicted molar refractivity (Wildman–Crippen MR) is 75.6 cm³/mol. The van der Waals surface area contributed by atoms with E-state index in [4.69, 9.17) is 9.47 Å². The van der Waals surface area contributed by atoms with Crippen LogP contribution in [0.2, 0.25) is 0 Å². The molecule has 1 spiro atoms. The van der Waals surface area contributed by atoms with Gasteiger partial charge in [-0.25, -0.2) is 0 Å². The van der Waals surface area contributed by atoms with E-state index in [1.807, 2.05) is 4.90 Å². The van der Waals surface area contributed by atoms with Gasteiger partial charge in [-0.1, -0.05) is 6.42 Å². The van der Waals surface area contributed by atoms with Gasteiger partial charge in [-0.15, -0.1) is 0 Å². The van der Waals surface area contributed by atoms with E-state index in [1.54, 1.807) is 0 Å². The van der Waals surface area contributed by atoms with E-state index in [1.165, 1.54) is 0 Å². The zero-order valence-corrected chi connectivity index (χ0v) is 12.5. The summed E-state index contributed by atoms with van der Waals surface area (Å²) >= 11 is 0. The van der Waals surface area contributed by atoms with Crippen molar-refractivity contribution in [2.75, 3.05) is 33.0 Å². The first-order valence-corrected chi connectivity index (χ1v) is 8.35. The molecule has 2 saturated carbocycles. The number of ether oxygens (including phenoxy) is 2. The van der Waals surface area contributed by atoms with E-state index in [-0.39, 0.29) is 35.3 Å². The summed E-state index contributed by atoms with van der Waals surface area (Å²) < 4.78 is 11.1. The molecule has 2 aliphatic heterocycles. The third kappa shape index (κ3) is 2.30. The SMILES string of the molecule is O=C(C1CC12CCOC2)N1CCOCC1C1CCCC1O. The number of hydrogen-bond donors (Lipinski definition) is 1. The van der Waals surface area contributed by atoms with Crippen LogP contribution in [0.25, 0.3) is 0 Å². The van der Waals surface area contributed by atoms with Crippen molar-refractivity contribution in [2.45, 2.75) is 44.2 Å². The number of rotatable bonds is 2. The van der Waals surface area contributed by atoms with E-state index in [9.17, 15) is 9.90 Å². The minimum atomic E-state index is -0.269. The normalized spacial score (nSPS) is 46.2. The van der Waals surface area contributed by atoms with Crippen LogP contribution in [0.3, 0.4) is 0 Å². The largest absolute Gasteiger partial charge is 0.393 e. The van der Waals surface area contributed by atoms with Crippen molar-refractivity contribution in [1.82, 2.24) is 4.90 Å². The van der Waals surface area contributed by atoms with Crippen molar-refractivity contribution in [3.63, 3.8) is 0 Å². The Morgan fingerprint density at radius 2 is 2.14 bits per heavy atom. The van der Waals surface area contributed by atoms with Crippen molar-refractivity contribution in [1.29, 1.82) is 0 Å². The van der Waals surface area contributed by atoms with Crippen LogP contribution >= 0.6 is 0 Å². The number of aliphatic hydroxyl groups excluding tert-OH is 1. The molecule has 5 nitrogen and oxygen atoms in total. The van der Waals surface area contributed by atoms with E-state index in [0.717, 1.165) is 45.3 Å². The molecule has 2 aliphatic carbocycles. The Kier molecular flexibility index (Phi) is 3.47. The lowest BCUT2D eigenvalue weighted by molar-refractivity contribution is -0.146. The van der Waals surface area contributed by atoms with Crippen LogP contribution in [0.4, 0.5) is 0 Å². The summed E-state index contributed by atoms with van der Waals surface area (Å²) in [5.41, 5.74) is 0.147. The van der Waals surface area contributed by atoms with Gasteiger partial charge in [-0.3, -0.25) is 4.79 Å². The summed E-state index contributed by atoms with van der Waals surface area (Å²) in [7, 11) is 0. The molecule has 0 bridgehead atoms. The molecule has 1 N–H and O–H groups in total. The highest BCUT2D eigenvalue weighted by Gasteiger charge is 2.61. The summed E-state index contributed by atoms with van der Waals surface area (Å²) in [6.45, 7) is 3.45. The number of carbonyl (C=O) groups is 1. The topological polar surface area (TPSA) is 59.0 Å². The Balaban J connectivity index is 1.48. The Hall–Kier alpha value is -0.650. The van der Waals surface area contributed by atoms with Crippen molar-refractivity contribution in [3.8, 4) is 0 Å². The molecule has 4 fully saturated rings. The maximum absolute atomic E-state index is 12.9. The van der Waals surface area contributed by atoms with Crippen LogP contribution in [0, 0.1) is 17.3 Å².